The van der Waals surface area contributed by atoms with Gasteiger partial charge in [0.05, 0.1) is 16.9 Å². The molecule has 1 aliphatic rings. The number of carbonyl (C=O) groups is 1. The number of amides is 1. The molecule has 1 heterocycles. The summed E-state index contributed by atoms with van der Waals surface area (Å²) >= 11 is 5.00. The highest BCUT2D eigenvalue weighted by Crippen LogP contribution is 2.38. The highest BCUT2D eigenvalue weighted by Gasteiger charge is 2.39. The molecular weight excluding hydrogens is 431 g/mol. The van der Waals surface area contributed by atoms with Gasteiger partial charge in [0.2, 0.25) is 10.0 Å². The first kappa shape index (κ1) is 20.7. The monoisotopic (exact) mass is 443 g/mol. The Morgan fingerprint density at radius 3 is 2.48 bits per heavy atom. The minimum Gasteiger partial charge on any atom is -0.330 e. The van der Waals surface area contributed by atoms with Crippen LogP contribution < -0.4 is 21.2 Å². The van der Waals surface area contributed by atoms with Crippen LogP contribution in [0.4, 0.5) is 24.5 Å². The number of sulfonamides is 1. The number of halogens is 3. The Morgan fingerprint density at radius 2 is 1.83 bits per heavy atom. The number of benzene rings is 2. The minimum absolute atomic E-state index is 0.0509. The van der Waals surface area contributed by atoms with Gasteiger partial charge in [0.15, 0.2) is 10.8 Å². The van der Waals surface area contributed by atoms with Crippen LogP contribution in [0.15, 0.2) is 52.5 Å². The van der Waals surface area contributed by atoms with Crippen LogP contribution in [0.1, 0.15) is 11.1 Å². The van der Waals surface area contributed by atoms with Crippen molar-refractivity contribution in [3.8, 4) is 0 Å². The Morgan fingerprint density at radius 1 is 1.14 bits per heavy atom. The number of fused-ring (bicyclic) bond motifs is 1. The average molecular weight is 443 g/mol. The van der Waals surface area contributed by atoms with Gasteiger partial charge < -0.3 is 10.6 Å². The molecular formula is C16H12F3N5O3S2. The second kappa shape index (κ2) is 7.42. The summed E-state index contributed by atoms with van der Waals surface area (Å²) in [5.74, 6) is -0.850. The molecule has 0 aromatic heterocycles. The summed E-state index contributed by atoms with van der Waals surface area (Å²) in [6, 6.07) is 8.93. The molecule has 0 saturated heterocycles. The lowest BCUT2D eigenvalue weighted by molar-refractivity contribution is -0.136. The number of carbonyl (C=O) groups excluding carboxylic acids is 1. The molecule has 5 N–H and O–H groups in total. The van der Waals surface area contributed by atoms with Gasteiger partial charge in [-0.25, -0.2) is 13.6 Å². The fraction of sp³-hybridized carbons (Fsp3) is 0.0625. The van der Waals surface area contributed by atoms with E-state index in [1.165, 1.54) is 30.3 Å². The van der Waals surface area contributed by atoms with E-state index in [2.05, 4.69) is 21.2 Å². The smallest absolute Gasteiger partial charge is 0.330 e. The molecule has 2 aromatic carbocycles. The maximum absolute atomic E-state index is 13.1. The lowest BCUT2D eigenvalue weighted by Crippen LogP contribution is -2.28. The molecule has 3 rings (SSSR count). The number of nitrogens with two attached hydrogens (primary N) is 1. The number of hydrazone groups is 1. The number of thiocarbonyl (C=S) groups is 1. The van der Waals surface area contributed by atoms with Gasteiger partial charge in [-0.05, 0) is 30.4 Å². The van der Waals surface area contributed by atoms with Gasteiger partial charge in [0.1, 0.15) is 4.90 Å². The third-order valence-electron chi connectivity index (χ3n) is 3.79. The normalized spacial score (nSPS) is 15.0. The van der Waals surface area contributed by atoms with Crippen molar-refractivity contribution in [2.75, 3.05) is 10.6 Å². The zero-order valence-electron chi connectivity index (χ0n) is 14.2. The van der Waals surface area contributed by atoms with Crippen LogP contribution in [-0.2, 0) is 21.0 Å². The second-order valence-corrected chi connectivity index (χ2v) is 7.69. The molecule has 0 radical (unpaired) electrons. The number of hydrogen-bond donors (Lipinski definition) is 4. The van der Waals surface area contributed by atoms with E-state index in [-0.39, 0.29) is 27.0 Å². The molecule has 2 aromatic rings. The number of hydrogen-bond acceptors (Lipinski definition) is 5. The van der Waals surface area contributed by atoms with Gasteiger partial charge in [0.25, 0.3) is 5.91 Å². The molecule has 1 amide bonds. The van der Waals surface area contributed by atoms with Gasteiger partial charge in [0, 0.05) is 5.56 Å². The van der Waals surface area contributed by atoms with Crippen molar-refractivity contribution < 1.29 is 26.4 Å². The molecule has 0 spiro atoms. The fourth-order valence-electron chi connectivity index (χ4n) is 2.60. The van der Waals surface area contributed by atoms with Crippen LogP contribution in [0.25, 0.3) is 0 Å². The molecule has 8 nitrogen and oxygen atoms in total. The van der Waals surface area contributed by atoms with Gasteiger partial charge in [-0.1, -0.05) is 24.3 Å². The van der Waals surface area contributed by atoms with Crippen LogP contribution in [0.3, 0.4) is 0 Å². The topological polar surface area (TPSA) is 126 Å². The Hall–Kier alpha value is -3.03. The fourth-order valence-corrected chi connectivity index (χ4v) is 3.45. The highest BCUT2D eigenvalue weighted by atomic mass is 32.2. The maximum Gasteiger partial charge on any atom is 0.418 e. The Kier molecular flexibility index (Phi) is 5.30. The molecule has 0 bridgehead atoms. The van der Waals surface area contributed by atoms with Gasteiger partial charge in [-0.2, -0.15) is 18.3 Å². The summed E-state index contributed by atoms with van der Waals surface area (Å²) in [7, 11) is -4.03. The molecule has 1 aliphatic heterocycles. The van der Waals surface area contributed by atoms with Gasteiger partial charge >= 0.3 is 6.18 Å². The predicted molar refractivity (Wildman–Crippen MR) is 104 cm³/mol. The molecule has 0 fully saturated rings. The van der Waals surface area contributed by atoms with E-state index in [1.54, 1.807) is 0 Å². The highest BCUT2D eigenvalue weighted by molar-refractivity contribution is 7.89. The Bertz CT molecular complexity index is 1150. The second-order valence-electron chi connectivity index (χ2n) is 5.75. The van der Waals surface area contributed by atoms with E-state index in [9.17, 15) is 26.4 Å². The van der Waals surface area contributed by atoms with Crippen molar-refractivity contribution in [1.29, 1.82) is 0 Å². The van der Waals surface area contributed by atoms with Crippen molar-refractivity contribution in [3.63, 3.8) is 0 Å². The summed E-state index contributed by atoms with van der Waals surface area (Å²) in [5.41, 5.74) is 0.607. The summed E-state index contributed by atoms with van der Waals surface area (Å²) in [5, 5.41) is 13.4. The van der Waals surface area contributed by atoms with Gasteiger partial charge in [-0.3, -0.25) is 10.2 Å². The number of nitrogens with one attached hydrogen (secondary N) is 3. The maximum atomic E-state index is 13.1. The van der Waals surface area contributed by atoms with Crippen molar-refractivity contribution in [1.82, 2.24) is 5.43 Å². The van der Waals surface area contributed by atoms with Crippen molar-refractivity contribution in [2.45, 2.75) is 11.1 Å². The van der Waals surface area contributed by atoms with Crippen LogP contribution in [0.2, 0.25) is 0 Å². The molecule has 0 unspecified atom stereocenters. The summed E-state index contributed by atoms with van der Waals surface area (Å²) in [6.45, 7) is 0. The SMILES string of the molecule is NS(=O)(=O)c1ccccc1NC(=S)NN=C1C(=O)Nc2c1cccc2C(F)(F)F. The summed E-state index contributed by atoms with van der Waals surface area (Å²) < 4.78 is 62.5. The number of rotatable bonds is 3. The minimum atomic E-state index is -4.66. The quantitative estimate of drug-likeness (QED) is 0.425. The molecule has 13 heteroatoms. The predicted octanol–water partition coefficient (Wildman–Crippen LogP) is 2.00. The van der Waals surface area contributed by atoms with E-state index in [0.29, 0.717) is 0 Å². The number of alkyl halides is 3. The van der Waals surface area contributed by atoms with Crippen LogP contribution in [0, 0.1) is 0 Å². The third kappa shape index (κ3) is 4.36. The molecule has 152 valence electrons. The first-order valence-corrected chi connectivity index (χ1v) is 9.72. The lowest BCUT2D eigenvalue weighted by atomic mass is 10.1. The standard InChI is InChI=1S/C16H12F3N5O3S2/c17-16(18,19)9-5-3-4-8-12(9)22-14(25)13(8)23-24-15(28)21-10-6-1-2-7-11(10)29(20,26)27/h1-7H,(H2,20,26,27)(H2,21,24,28)(H,22,23,25). The Labute approximate surface area is 168 Å². The molecule has 0 atom stereocenters. The number of nitrogens with zero attached hydrogens (tertiary/aromatic N) is 1. The first-order chi connectivity index (χ1) is 13.5. The average Bonchev–Trinajstić information content (AvgIpc) is 2.93. The van der Waals surface area contributed by atoms with Crippen LogP contribution in [-0.4, -0.2) is 25.1 Å². The largest absolute Gasteiger partial charge is 0.418 e. The van der Waals surface area contributed by atoms with E-state index in [4.69, 9.17) is 17.4 Å². The molecule has 0 aliphatic carbocycles. The number of anilines is 2. The number of primary sulfonamides is 1. The van der Waals surface area contributed by atoms with E-state index in [1.807, 2.05) is 0 Å². The van der Waals surface area contributed by atoms with E-state index in [0.717, 1.165) is 12.1 Å². The van der Waals surface area contributed by atoms with Crippen LogP contribution in [0.5, 0.6) is 0 Å². The van der Waals surface area contributed by atoms with E-state index >= 15 is 0 Å². The molecule has 29 heavy (non-hydrogen) atoms. The zero-order valence-corrected chi connectivity index (χ0v) is 15.9. The van der Waals surface area contributed by atoms with Crippen molar-refractivity contribution >= 4 is 50.3 Å². The summed E-state index contributed by atoms with van der Waals surface area (Å²) in [6.07, 6.45) is -4.66. The van der Waals surface area contributed by atoms with Gasteiger partial charge in [-0.15, -0.1) is 0 Å². The van der Waals surface area contributed by atoms with E-state index < -0.39 is 33.4 Å². The Balaban J connectivity index is 1.84. The lowest BCUT2D eigenvalue weighted by Gasteiger charge is -2.11. The third-order valence-corrected chi connectivity index (χ3v) is 4.95. The molecule has 0 saturated carbocycles. The van der Waals surface area contributed by atoms with Crippen LogP contribution >= 0.6 is 12.2 Å². The number of para-hydroxylation sites is 2. The van der Waals surface area contributed by atoms with Crippen molar-refractivity contribution in [2.24, 2.45) is 10.2 Å². The zero-order chi connectivity index (χ0) is 21.4. The van der Waals surface area contributed by atoms with Crippen molar-refractivity contribution in [3.05, 3.63) is 53.6 Å². The summed E-state index contributed by atoms with van der Waals surface area (Å²) in [4.78, 5) is 11.8. The first-order valence-electron chi connectivity index (χ1n) is 7.77.